The summed E-state index contributed by atoms with van der Waals surface area (Å²) in [6, 6.07) is 11.4. The van der Waals surface area contributed by atoms with Crippen LogP contribution in [0.3, 0.4) is 0 Å². The molecule has 0 aliphatic rings. The number of hydrogen-bond donors (Lipinski definition) is 2. The van der Waals surface area contributed by atoms with E-state index in [0.29, 0.717) is 23.3 Å². The first-order valence-corrected chi connectivity index (χ1v) is 6.50. The number of imidazole rings is 1. The predicted molar refractivity (Wildman–Crippen MR) is 78.4 cm³/mol. The smallest absolute Gasteiger partial charge is 0.163 e. The number of nitrogens with zero attached hydrogens (tertiary/aromatic N) is 3. The summed E-state index contributed by atoms with van der Waals surface area (Å²) in [7, 11) is 0. The van der Waals surface area contributed by atoms with Crippen LogP contribution in [0.25, 0.3) is 11.4 Å². The van der Waals surface area contributed by atoms with Crippen LogP contribution in [0, 0.1) is 0 Å². The van der Waals surface area contributed by atoms with Crippen LogP contribution in [0.1, 0.15) is 5.69 Å². The van der Waals surface area contributed by atoms with Gasteiger partial charge in [0.25, 0.3) is 0 Å². The number of rotatable bonds is 4. The monoisotopic (exact) mass is 285 g/mol. The van der Waals surface area contributed by atoms with Gasteiger partial charge in [0.2, 0.25) is 0 Å². The Hall–Kier alpha value is -2.40. The zero-order chi connectivity index (χ0) is 13.8. The van der Waals surface area contributed by atoms with E-state index in [4.69, 9.17) is 11.6 Å². The first-order chi connectivity index (χ1) is 9.81. The number of H-pyrrole nitrogens is 1. The molecule has 0 saturated heterocycles. The van der Waals surface area contributed by atoms with E-state index < -0.39 is 0 Å². The Balaban J connectivity index is 1.83. The predicted octanol–water partition coefficient (Wildman–Crippen LogP) is 3.13. The number of nitrogens with one attached hydrogen (secondary N) is 2. The SMILES string of the molecule is Clc1cc(NCc2cnc[nH]2)nc(-c2ccccc2)n1. The fourth-order valence-electron chi connectivity index (χ4n) is 1.79. The third kappa shape index (κ3) is 2.95. The van der Waals surface area contributed by atoms with Crippen LogP contribution in [-0.4, -0.2) is 19.9 Å². The molecule has 0 aliphatic carbocycles. The minimum absolute atomic E-state index is 0.408. The van der Waals surface area contributed by atoms with Gasteiger partial charge in [-0.3, -0.25) is 0 Å². The van der Waals surface area contributed by atoms with E-state index in [0.717, 1.165) is 11.3 Å². The maximum Gasteiger partial charge on any atom is 0.163 e. The Morgan fingerprint density at radius 3 is 2.75 bits per heavy atom. The van der Waals surface area contributed by atoms with E-state index in [1.807, 2.05) is 30.3 Å². The largest absolute Gasteiger partial charge is 0.364 e. The van der Waals surface area contributed by atoms with E-state index in [1.165, 1.54) is 0 Å². The van der Waals surface area contributed by atoms with Crippen molar-refractivity contribution < 1.29 is 0 Å². The van der Waals surface area contributed by atoms with E-state index in [9.17, 15) is 0 Å². The Bertz CT molecular complexity index is 682. The lowest BCUT2D eigenvalue weighted by Crippen LogP contribution is -2.03. The van der Waals surface area contributed by atoms with Crippen molar-refractivity contribution in [1.82, 2.24) is 19.9 Å². The molecule has 0 saturated carbocycles. The zero-order valence-corrected chi connectivity index (χ0v) is 11.3. The molecule has 0 fully saturated rings. The van der Waals surface area contributed by atoms with Gasteiger partial charge in [0.05, 0.1) is 18.6 Å². The standard InChI is InChI=1S/C14H12ClN5/c15-12-6-13(17-8-11-7-16-9-18-11)20-14(19-12)10-4-2-1-3-5-10/h1-7,9H,8H2,(H,16,18)(H,17,19,20). The van der Waals surface area contributed by atoms with Crippen molar-refractivity contribution in [2.45, 2.75) is 6.54 Å². The van der Waals surface area contributed by atoms with Gasteiger partial charge in [-0.1, -0.05) is 41.9 Å². The molecule has 5 nitrogen and oxygen atoms in total. The minimum Gasteiger partial charge on any atom is -0.364 e. The maximum atomic E-state index is 6.05. The molecule has 100 valence electrons. The molecule has 0 unspecified atom stereocenters. The van der Waals surface area contributed by atoms with E-state index in [-0.39, 0.29) is 0 Å². The Labute approximate surface area is 121 Å². The van der Waals surface area contributed by atoms with Crippen LogP contribution in [0.15, 0.2) is 48.9 Å². The quantitative estimate of drug-likeness (QED) is 0.723. The van der Waals surface area contributed by atoms with Gasteiger partial charge in [-0.15, -0.1) is 0 Å². The van der Waals surface area contributed by atoms with Gasteiger partial charge in [0.1, 0.15) is 11.0 Å². The molecule has 2 N–H and O–H groups in total. The molecule has 0 amide bonds. The van der Waals surface area contributed by atoms with Crippen LogP contribution in [0.5, 0.6) is 0 Å². The normalized spacial score (nSPS) is 10.4. The van der Waals surface area contributed by atoms with Gasteiger partial charge in [-0.2, -0.15) is 0 Å². The number of aromatic amines is 1. The molecule has 2 aromatic heterocycles. The highest BCUT2D eigenvalue weighted by molar-refractivity contribution is 6.29. The average Bonchev–Trinajstić information content (AvgIpc) is 2.99. The summed E-state index contributed by atoms with van der Waals surface area (Å²) in [5.74, 6) is 1.28. The summed E-state index contributed by atoms with van der Waals surface area (Å²) < 4.78 is 0. The molecule has 0 aliphatic heterocycles. The summed E-state index contributed by atoms with van der Waals surface area (Å²) >= 11 is 6.05. The molecule has 6 heteroatoms. The van der Waals surface area contributed by atoms with Crippen LogP contribution in [0.4, 0.5) is 5.82 Å². The molecular formula is C14H12ClN5. The Morgan fingerprint density at radius 1 is 1.15 bits per heavy atom. The van der Waals surface area contributed by atoms with E-state index >= 15 is 0 Å². The lowest BCUT2D eigenvalue weighted by Gasteiger charge is -2.07. The van der Waals surface area contributed by atoms with Crippen molar-refractivity contribution >= 4 is 17.4 Å². The topological polar surface area (TPSA) is 66.5 Å². The van der Waals surface area contributed by atoms with Crippen molar-refractivity contribution in [2.75, 3.05) is 5.32 Å². The highest BCUT2D eigenvalue weighted by atomic mass is 35.5. The summed E-state index contributed by atoms with van der Waals surface area (Å²) in [4.78, 5) is 15.7. The lowest BCUT2D eigenvalue weighted by molar-refractivity contribution is 1.04. The van der Waals surface area contributed by atoms with Crippen LogP contribution < -0.4 is 5.32 Å². The molecule has 0 atom stereocenters. The van der Waals surface area contributed by atoms with Crippen molar-refractivity contribution in [3.63, 3.8) is 0 Å². The number of anilines is 1. The maximum absolute atomic E-state index is 6.05. The lowest BCUT2D eigenvalue weighted by atomic mass is 10.2. The van der Waals surface area contributed by atoms with Gasteiger partial charge in [0, 0.05) is 17.8 Å². The number of hydrogen-bond acceptors (Lipinski definition) is 4. The van der Waals surface area contributed by atoms with Gasteiger partial charge < -0.3 is 10.3 Å². The molecule has 0 bridgehead atoms. The zero-order valence-electron chi connectivity index (χ0n) is 10.5. The summed E-state index contributed by atoms with van der Waals surface area (Å²) in [6.07, 6.45) is 3.40. The summed E-state index contributed by atoms with van der Waals surface area (Å²) in [5, 5.41) is 3.60. The van der Waals surface area contributed by atoms with Gasteiger partial charge in [-0.25, -0.2) is 15.0 Å². The van der Waals surface area contributed by atoms with E-state index in [2.05, 4.69) is 25.3 Å². The molecule has 20 heavy (non-hydrogen) atoms. The molecular weight excluding hydrogens is 274 g/mol. The highest BCUT2D eigenvalue weighted by Crippen LogP contribution is 2.20. The van der Waals surface area contributed by atoms with Crippen molar-refractivity contribution in [1.29, 1.82) is 0 Å². The Kier molecular flexibility index (Phi) is 3.60. The number of benzene rings is 1. The van der Waals surface area contributed by atoms with Crippen LogP contribution >= 0.6 is 11.6 Å². The molecule has 1 aromatic carbocycles. The van der Waals surface area contributed by atoms with E-state index in [1.54, 1.807) is 18.6 Å². The minimum atomic E-state index is 0.408. The highest BCUT2D eigenvalue weighted by Gasteiger charge is 2.05. The number of aromatic nitrogens is 4. The summed E-state index contributed by atoms with van der Waals surface area (Å²) in [6.45, 7) is 0.599. The van der Waals surface area contributed by atoms with Crippen molar-refractivity contribution in [2.24, 2.45) is 0 Å². The number of halogens is 1. The second-order valence-electron chi connectivity index (χ2n) is 4.20. The average molecular weight is 286 g/mol. The fraction of sp³-hybridized carbons (Fsp3) is 0.0714. The molecule has 0 radical (unpaired) electrons. The second kappa shape index (κ2) is 5.71. The van der Waals surface area contributed by atoms with Crippen molar-refractivity contribution in [3.8, 4) is 11.4 Å². The van der Waals surface area contributed by atoms with Crippen LogP contribution in [0.2, 0.25) is 5.15 Å². The molecule has 3 aromatic rings. The van der Waals surface area contributed by atoms with Crippen molar-refractivity contribution in [3.05, 3.63) is 59.8 Å². The third-order valence-corrected chi connectivity index (χ3v) is 2.94. The van der Waals surface area contributed by atoms with Gasteiger partial charge >= 0.3 is 0 Å². The first-order valence-electron chi connectivity index (χ1n) is 6.12. The molecule has 3 rings (SSSR count). The molecule has 2 heterocycles. The van der Waals surface area contributed by atoms with Crippen LogP contribution in [-0.2, 0) is 6.54 Å². The Morgan fingerprint density at radius 2 is 2.00 bits per heavy atom. The molecule has 0 spiro atoms. The van der Waals surface area contributed by atoms with Gasteiger partial charge in [-0.05, 0) is 0 Å². The first kappa shape index (κ1) is 12.6. The fourth-order valence-corrected chi connectivity index (χ4v) is 1.98. The third-order valence-electron chi connectivity index (χ3n) is 2.74. The summed E-state index contributed by atoms with van der Waals surface area (Å²) in [5.41, 5.74) is 1.90. The van der Waals surface area contributed by atoms with Gasteiger partial charge in [0.15, 0.2) is 5.82 Å². The second-order valence-corrected chi connectivity index (χ2v) is 4.58.